The van der Waals surface area contributed by atoms with Crippen molar-refractivity contribution in [3.8, 4) is 17.3 Å². The van der Waals surface area contributed by atoms with E-state index in [1.54, 1.807) is 6.07 Å². The van der Waals surface area contributed by atoms with Crippen LogP contribution in [0.25, 0.3) is 11.3 Å². The molecule has 0 aliphatic carbocycles. The van der Waals surface area contributed by atoms with E-state index < -0.39 is 0 Å². The Morgan fingerprint density at radius 1 is 1.17 bits per heavy atom. The molecule has 1 heterocycles. The van der Waals surface area contributed by atoms with Crippen LogP contribution in [0.2, 0.25) is 0 Å². The molecule has 0 spiro atoms. The van der Waals surface area contributed by atoms with Crippen molar-refractivity contribution in [2.45, 2.75) is 47.1 Å². The Labute approximate surface area is 138 Å². The summed E-state index contributed by atoms with van der Waals surface area (Å²) in [5.41, 5.74) is 4.93. The zero-order valence-corrected chi connectivity index (χ0v) is 14.4. The third kappa shape index (κ3) is 3.90. The fraction of sp³-hybridized carbons (Fsp3) is 0.400. The second kappa shape index (κ2) is 7.28. The van der Waals surface area contributed by atoms with Crippen LogP contribution in [0.15, 0.2) is 35.1 Å². The molecular weight excluding hydrogens is 284 g/mol. The molecule has 0 aliphatic rings. The molecule has 0 saturated carbocycles. The fourth-order valence-corrected chi connectivity index (χ4v) is 2.79. The Kier molecular flexibility index (Phi) is 5.39. The van der Waals surface area contributed by atoms with E-state index in [9.17, 15) is 4.79 Å². The minimum atomic E-state index is -0.0373. The van der Waals surface area contributed by atoms with Gasteiger partial charge >= 0.3 is 0 Å². The highest BCUT2D eigenvalue weighted by atomic mass is 16.1. The number of pyridine rings is 1. The molecule has 0 aliphatic heterocycles. The molecular formula is C20H24N2O. The Bertz CT molecular complexity index is 794. The second-order valence-electron chi connectivity index (χ2n) is 6.54. The highest BCUT2D eigenvalue weighted by Crippen LogP contribution is 2.24. The van der Waals surface area contributed by atoms with Gasteiger partial charge in [-0.25, -0.2) is 0 Å². The second-order valence-corrected chi connectivity index (χ2v) is 6.54. The summed E-state index contributed by atoms with van der Waals surface area (Å²) in [7, 11) is 0. The Balaban J connectivity index is 2.60. The summed E-state index contributed by atoms with van der Waals surface area (Å²) in [5.74, 6) is 0.522. The molecule has 0 amide bonds. The molecule has 0 bridgehead atoms. The van der Waals surface area contributed by atoms with E-state index in [0.29, 0.717) is 18.0 Å². The maximum atomic E-state index is 12.8. The van der Waals surface area contributed by atoms with E-state index in [2.05, 4.69) is 52.0 Å². The molecule has 0 N–H and O–H groups in total. The van der Waals surface area contributed by atoms with Gasteiger partial charge in [0.15, 0.2) is 0 Å². The molecule has 0 unspecified atom stereocenters. The largest absolute Gasteiger partial charge is 0.308 e. The highest BCUT2D eigenvalue weighted by Gasteiger charge is 2.12. The van der Waals surface area contributed by atoms with Crippen molar-refractivity contribution < 1.29 is 0 Å². The van der Waals surface area contributed by atoms with Gasteiger partial charge in [-0.15, -0.1) is 0 Å². The fourth-order valence-electron chi connectivity index (χ4n) is 2.79. The summed E-state index contributed by atoms with van der Waals surface area (Å²) >= 11 is 0. The van der Waals surface area contributed by atoms with Gasteiger partial charge in [0, 0.05) is 17.7 Å². The van der Waals surface area contributed by atoms with Gasteiger partial charge in [0.1, 0.15) is 0 Å². The molecule has 1 aromatic heterocycles. The number of aromatic nitrogens is 1. The number of nitrogens with zero attached hydrogens (tertiary/aromatic N) is 2. The van der Waals surface area contributed by atoms with Gasteiger partial charge in [0.05, 0.1) is 18.2 Å². The first-order valence-corrected chi connectivity index (χ1v) is 8.11. The average Bonchev–Trinajstić information content (AvgIpc) is 2.48. The van der Waals surface area contributed by atoms with E-state index in [0.717, 1.165) is 23.2 Å². The summed E-state index contributed by atoms with van der Waals surface area (Å²) < 4.78 is 1.84. The maximum Gasteiger partial charge on any atom is 0.255 e. The van der Waals surface area contributed by atoms with Gasteiger partial charge in [0.2, 0.25) is 0 Å². The predicted molar refractivity (Wildman–Crippen MR) is 94.4 cm³/mol. The van der Waals surface area contributed by atoms with Gasteiger partial charge in [0.25, 0.3) is 5.56 Å². The summed E-state index contributed by atoms with van der Waals surface area (Å²) in [4.78, 5) is 12.8. The van der Waals surface area contributed by atoms with Crippen molar-refractivity contribution in [3.05, 3.63) is 57.4 Å². The van der Waals surface area contributed by atoms with Crippen LogP contribution < -0.4 is 5.56 Å². The number of hydrogen-bond acceptors (Lipinski definition) is 2. The van der Waals surface area contributed by atoms with Crippen molar-refractivity contribution in [2.75, 3.05) is 0 Å². The summed E-state index contributed by atoms with van der Waals surface area (Å²) in [6, 6.07) is 12.1. The number of hydrogen-bond donors (Lipinski definition) is 0. The molecule has 0 atom stereocenters. The third-order valence-corrected chi connectivity index (χ3v) is 4.11. The van der Waals surface area contributed by atoms with Crippen LogP contribution in [0.1, 0.15) is 37.0 Å². The molecule has 2 aromatic rings. The van der Waals surface area contributed by atoms with E-state index in [1.807, 2.05) is 10.6 Å². The molecule has 3 nitrogen and oxygen atoms in total. The summed E-state index contributed by atoms with van der Waals surface area (Å²) in [6.45, 7) is 9.13. The monoisotopic (exact) mass is 308 g/mol. The topological polar surface area (TPSA) is 45.8 Å². The van der Waals surface area contributed by atoms with Gasteiger partial charge in [-0.05, 0) is 37.8 Å². The van der Waals surface area contributed by atoms with E-state index in [-0.39, 0.29) is 12.0 Å². The van der Waals surface area contributed by atoms with Crippen molar-refractivity contribution in [2.24, 2.45) is 5.92 Å². The van der Waals surface area contributed by atoms with Gasteiger partial charge in [-0.3, -0.25) is 4.79 Å². The molecule has 1 aromatic carbocycles. The Morgan fingerprint density at radius 2 is 1.91 bits per heavy atom. The molecule has 3 heteroatoms. The van der Waals surface area contributed by atoms with Crippen molar-refractivity contribution in [1.82, 2.24) is 4.57 Å². The van der Waals surface area contributed by atoms with Crippen LogP contribution in [0.3, 0.4) is 0 Å². The first-order chi connectivity index (χ1) is 10.9. The molecule has 0 saturated heterocycles. The lowest BCUT2D eigenvalue weighted by molar-refractivity contribution is 0.509. The normalized spacial score (nSPS) is 10.8. The quantitative estimate of drug-likeness (QED) is 0.829. The summed E-state index contributed by atoms with van der Waals surface area (Å²) in [6.07, 6.45) is 1.10. The van der Waals surface area contributed by atoms with Crippen LogP contribution >= 0.6 is 0 Å². The lowest BCUT2D eigenvalue weighted by atomic mass is 10.0. The zero-order valence-electron chi connectivity index (χ0n) is 14.4. The van der Waals surface area contributed by atoms with Gasteiger partial charge in [-0.1, -0.05) is 43.7 Å². The van der Waals surface area contributed by atoms with Crippen LogP contribution in [0.5, 0.6) is 0 Å². The molecule has 0 radical (unpaired) electrons. The van der Waals surface area contributed by atoms with E-state index in [1.165, 1.54) is 5.56 Å². The third-order valence-electron chi connectivity index (χ3n) is 4.11. The standard InChI is InChI=1S/C20H24N2O/c1-14(2)10-12-22-19(8-6-17(9-11-21)20(22)23)18-7-5-15(3)13-16(18)4/h5-8,13-14H,9-10,12H2,1-4H3. The van der Waals surface area contributed by atoms with E-state index >= 15 is 0 Å². The molecule has 0 fully saturated rings. The van der Waals surface area contributed by atoms with Crippen LogP contribution in [0.4, 0.5) is 0 Å². The predicted octanol–water partition coefficient (Wildman–Crippen LogP) is 4.24. The molecule has 23 heavy (non-hydrogen) atoms. The first-order valence-electron chi connectivity index (χ1n) is 8.11. The zero-order chi connectivity index (χ0) is 17.0. The Morgan fingerprint density at radius 3 is 2.52 bits per heavy atom. The Hall–Kier alpha value is -2.34. The number of rotatable bonds is 5. The average molecular weight is 308 g/mol. The summed E-state index contributed by atoms with van der Waals surface area (Å²) in [5, 5.41) is 8.92. The molecule has 120 valence electrons. The van der Waals surface area contributed by atoms with Crippen LogP contribution in [-0.4, -0.2) is 4.57 Å². The maximum absolute atomic E-state index is 12.8. The molecule has 2 rings (SSSR count). The number of nitriles is 1. The van der Waals surface area contributed by atoms with E-state index in [4.69, 9.17) is 5.26 Å². The first kappa shape index (κ1) is 17.0. The SMILES string of the molecule is Cc1ccc(-c2ccc(CC#N)c(=O)n2CCC(C)C)c(C)c1. The van der Waals surface area contributed by atoms with Gasteiger partial charge in [-0.2, -0.15) is 5.26 Å². The number of aryl methyl sites for hydroxylation is 2. The lowest BCUT2D eigenvalue weighted by Gasteiger charge is -2.17. The minimum absolute atomic E-state index is 0.0373. The smallest absolute Gasteiger partial charge is 0.255 e. The minimum Gasteiger partial charge on any atom is -0.308 e. The lowest BCUT2D eigenvalue weighted by Crippen LogP contribution is -2.25. The van der Waals surface area contributed by atoms with Crippen LogP contribution in [-0.2, 0) is 13.0 Å². The van der Waals surface area contributed by atoms with Crippen molar-refractivity contribution >= 4 is 0 Å². The van der Waals surface area contributed by atoms with Crippen LogP contribution in [0, 0.1) is 31.1 Å². The van der Waals surface area contributed by atoms with Crippen molar-refractivity contribution in [3.63, 3.8) is 0 Å². The number of benzene rings is 1. The highest BCUT2D eigenvalue weighted by molar-refractivity contribution is 5.64. The van der Waals surface area contributed by atoms with Crippen molar-refractivity contribution in [1.29, 1.82) is 5.26 Å². The van der Waals surface area contributed by atoms with Gasteiger partial charge < -0.3 is 4.57 Å².